The van der Waals surface area contributed by atoms with Gasteiger partial charge in [0.1, 0.15) is 5.82 Å². The Hall–Kier alpha value is -1.27. The van der Waals surface area contributed by atoms with Crippen molar-refractivity contribution >= 4 is 13.3 Å². The standard InChI is InChI=1S/C16H24FN2O4P/c17-14-5-3-4-13(10-14)11-19-8-9-24(22,23)16(12-19,15(20)21)6-1-2-7-18/h3-5,10H,1-2,6-9,11-12,18H2,(H,20,21)(H,22,23). The second-order valence-corrected chi connectivity index (χ2v) is 9.05. The number of unbranched alkanes of at least 4 members (excludes halogenated alkanes) is 1. The van der Waals surface area contributed by atoms with Crippen LogP contribution in [0.1, 0.15) is 24.8 Å². The molecule has 0 aromatic heterocycles. The van der Waals surface area contributed by atoms with Crippen LogP contribution < -0.4 is 5.73 Å². The lowest BCUT2D eigenvalue weighted by atomic mass is 9.99. The van der Waals surface area contributed by atoms with Gasteiger partial charge in [-0.3, -0.25) is 14.3 Å². The molecule has 1 heterocycles. The van der Waals surface area contributed by atoms with E-state index in [9.17, 15) is 23.7 Å². The second kappa shape index (κ2) is 7.74. The zero-order chi connectivity index (χ0) is 17.8. The normalized spacial score (nSPS) is 28.0. The van der Waals surface area contributed by atoms with E-state index in [1.807, 2.05) is 4.90 Å². The molecule has 1 fully saturated rings. The van der Waals surface area contributed by atoms with E-state index in [-0.39, 0.29) is 24.9 Å². The highest BCUT2D eigenvalue weighted by molar-refractivity contribution is 7.61. The van der Waals surface area contributed by atoms with Crippen LogP contribution in [-0.4, -0.2) is 51.8 Å². The minimum atomic E-state index is -3.83. The smallest absolute Gasteiger partial charge is 0.320 e. The van der Waals surface area contributed by atoms with E-state index in [0.29, 0.717) is 38.0 Å². The number of halogens is 1. The molecule has 1 aliphatic heterocycles. The fourth-order valence-electron chi connectivity index (χ4n) is 3.22. The van der Waals surface area contributed by atoms with Crippen LogP contribution in [0.2, 0.25) is 0 Å². The Morgan fingerprint density at radius 3 is 2.79 bits per heavy atom. The quantitative estimate of drug-likeness (QED) is 0.508. The van der Waals surface area contributed by atoms with Gasteiger partial charge in [0.15, 0.2) is 5.16 Å². The number of nitrogens with two attached hydrogens (primary N) is 1. The van der Waals surface area contributed by atoms with Crippen LogP contribution in [0.15, 0.2) is 24.3 Å². The summed E-state index contributed by atoms with van der Waals surface area (Å²) in [6.45, 7) is 1.07. The summed E-state index contributed by atoms with van der Waals surface area (Å²) in [6.07, 6.45) is 1.14. The molecule has 0 bridgehead atoms. The van der Waals surface area contributed by atoms with Crippen molar-refractivity contribution in [2.75, 3.05) is 25.8 Å². The van der Waals surface area contributed by atoms with Crippen LogP contribution in [0.25, 0.3) is 0 Å². The van der Waals surface area contributed by atoms with Crippen molar-refractivity contribution in [2.24, 2.45) is 5.73 Å². The molecule has 0 radical (unpaired) electrons. The third kappa shape index (κ3) is 4.03. The lowest BCUT2D eigenvalue weighted by Gasteiger charge is -2.43. The molecule has 0 amide bonds. The summed E-state index contributed by atoms with van der Waals surface area (Å²) in [5, 5.41) is 8.03. The number of aliphatic carboxylic acids is 1. The molecule has 1 aromatic rings. The van der Waals surface area contributed by atoms with Crippen LogP contribution in [0.3, 0.4) is 0 Å². The molecule has 0 spiro atoms. The number of carboxylic acid groups (broad SMARTS) is 1. The summed E-state index contributed by atoms with van der Waals surface area (Å²) < 4.78 is 26.0. The molecular weight excluding hydrogens is 334 g/mol. The van der Waals surface area contributed by atoms with Crippen molar-refractivity contribution in [3.05, 3.63) is 35.6 Å². The van der Waals surface area contributed by atoms with Gasteiger partial charge < -0.3 is 15.7 Å². The second-order valence-electron chi connectivity index (χ2n) is 6.35. The summed E-state index contributed by atoms with van der Waals surface area (Å²) in [6, 6.07) is 6.09. The predicted molar refractivity (Wildman–Crippen MR) is 89.6 cm³/mol. The van der Waals surface area contributed by atoms with Crippen LogP contribution in [0, 0.1) is 5.82 Å². The van der Waals surface area contributed by atoms with E-state index in [0.717, 1.165) is 0 Å². The molecule has 2 unspecified atom stereocenters. The van der Waals surface area contributed by atoms with E-state index in [1.54, 1.807) is 12.1 Å². The maximum Gasteiger partial charge on any atom is 0.320 e. The van der Waals surface area contributed by atoms with Crippen molar-refractivity contribution in [1.82, 2.24) is 4.90 Å². The Morgan fingerprint density at radius 1 is 1.42 bits per heavy atom. The first-order valence-electron chi connectivity index (χ1n) is 8.03. The Balaban J connectivity index is 2.20. The Kier molecular flexibility index (Phi) is 6.15. The molecule has 2 rings (SSSR count). The van der Waals surface area contributed by atoms with Gasteiger partial charge in [-0.05, 0) is 37.1 Å². The van der Waals surface area contributed by atoms with Gasteiger partial charge in [-0.25, -0.2) is 4.39 Å². The first-order chi connectivity index (χ1) is 11.3. The van der Waals surface area contributed by atoms with Gasteiger partial charge in [0.05, 0.1) is 0 Å². The molecular formula is C16H24FN2O4P. The molecule has 24 heavy (non-hydrogen) atoms. The summed E-state index contributed by atoms with van der Waals surface area (Å²) in [4.78, 5) is 24.0. The molecule has 134 valence electrons. The van der Waals surface area contributed by atoms with Crippen LogP contribution >= 0.6 is 7.37 Å². The first kappa shape index (κ1) is 19.1. The first-order valence-corrected chi connectivity index (χ1v) is 9.87. The Morgan fingerprint density at radius 2 is 2.17 bits per heavy atom. The van der Waals surface area contributed by atoms with Crippen molar-refractivity contribution in [2.45, 2.75) is 31.0 Å². The molecule has 0 aliphatic carbocycles. The maximum atomic E-state index is 13.3. The van der Waals surface area contributed by atoms with E-state index >= 15 is 0 Å². The average molecular weight is 358 g/mol. The highest BCUT2D eigenvalue weighted by Gasteiger charge is 2.56. The van der Waals surface area contributed by atoms with E-state index in [2.05, 4.69) is 0 Å². The van der Waals surface area contributed by atoms with E-state index in [4.69, 9.17) is 5.73 Å². The zero-order valence-corrected chi connectivity index (χ0v) is 14.4. The van der Waals surface area contributed by atoms with Gasteiger partial charge in [0.25, 0.3) is 0 Å². The summed E-state index contributed by atoms with van der Waals surface area (Å²) in [7, 11) is -3.83. The SMILES string of the molecule is NCCCCC1(C(=O)O)CN(Cc2cccc(F)c2)CCP1(=O)O. The highest BCUT2D eigenvalue weighted by atomic mass is 31.2. The number of hydrogen-bond acceptors (Lipinski definition) is 4. The topological polar surface area (TPSA) is 104 Å². The monoisotopic (exact) mass is 358 g/mol. The van der Waals surface area contributed by atoms with Gasteiger partial charge in [-0.2, -0.15) is 0 Å². The van der Waals surface area contributed by atoms with Gasteiger partial charge >= 0.3 is 5.97 Å². The number of rotatable bonds is 7. The number of nitrogens with zero attached hydrogens (tertiary/aromatic N) is 1. The number of benzene rings is 1. The highest BCUT2D eigenvalue weighted by Crippen LogP contribution is 2.59. The van der Waals surface area contributed by atoms with Gasteiger partial charge in [-0.15, -0.1) is 0 Å². The summed E-state index contributed by atoms with van der Waals surface area (Å²) in [5.74, 6) is -1.60. The Bertz CT molecular complexity index is 642. The summed E-state index contributed by atoms with van der Waals surface area (Å²) >= 11 is 0. The number of carboxylic acids is 1. The summed E-state index contributed by atoms with van der Waals surface area (Å²) in [5.41, 5.74) is 6.16. The zero-order valence-electron chi connectivity index (χ0n) is 13.5. The maximum absolute atomic E-state index is 13.3. The molecule has 4 N–H and O–H groups in total. The predicted octanol–water partition coefficient (Wildman–Crippen LogP) is 1.86. The van der Waals surface area contributed by atoms with Gasteiger partial charge in [0.2, 0.25) is 7.37 Å². The third-order valence-corrected chi connectivity index (χ3v) is 7.31. The Labute approximate surface area is 140 Å². The van der Waals surface area contributed by atoms with Gasteiger partial charge in [0, 0.05) is 25.8 Å². The fourth-order valence-corrected chi connectivity index (χ4v) is 5.43. The molecule has 2 atom stereocenters. The number of carbonyl (C=O) groups is 1. The third-order valence-electron chi connectivity index (χ3n) is 4.61. The molecule has 8 heteroatoms. The lowest BCUT2D eigenvalue weighted by Crippen LogP contribution is -2.53. The van der Waals surface area contributed by atoms with Crippen molar-refractivity contribution < 1.29 is 23.7 Å². The van der Waals surface area contributed by atoms with Crippen molar-refractivity contribution in [3.8, 4) is 0 Å². The van der Waals surface area contributed by atoms with Crippen LogP contribution in [0.4, 0.5) is 4.39 Å². The minimum absolute atomic E-state index is 0.0167. The lowest BCUT2D eigenvalue weighted by molar-refractivity contribution is -0.141. The molecule has 1 aliphatic rings. The van der Waals surface area contributed by atoms with Crippen LogP contribution in [-0.2, 0) is 15.9 Å². The van der Waals surface area contributed by atoms with Crippen molar-refractivity contribution in [3.63, 3.8) is 0 Å². The van der Waals surface area contributed by atoms with Crippen molar-refractivity contribution in [1.29, 1.82) is 0 Å². The minimum Gasteiger partial charge on any atom is -0.480 e. The molecule has 0 saturated carbocycles. The molecule has 6 nitrogen and oxygen atoms in total. The number of hydrogen-bond donors (Lipinski definition) is 3. The van der Waals surface area contributed by atoms with Gasteiger partial charge in [-0.1, -0.05) is 18.6 Å². The van der Waals surface area contributed by atoms with Crippen LogP contribution in [0.5, 0.6) is 0 Å². The largest absolute Gasteiger partial charge is 0.480 e. The molecule has 1 saturated heterocycles. The fraction of sp³-hybridized carbons (Fsp3) is 0.562. The molecule has 1 aromatic carbocycles. The van der Waals surface area contributed by atoms with E-state index in [1.165, 1.54) is 12.1 Å². The van der Waals surface area contributed by atoms with E-state index < -0.39 is 18.5 Å². The average Bonchev–Trinajstić information content (AvgIpc) is 2.50.